The Morgan fingerprint density at radius 2 is 2.29 bits per heavy atom. The summed E-state index contributed by atoms with van der Waals surface area (Å²) in [6, 6.07) is 5.27. The van der Waals surface area contributed by atoms with Crippen LogP contribution in [0.15, 0.2) is 28.7 Å². The molecule has 1 aromatic carbocycles. The molecule has 0 fully saturated rings. The number of carboxylic acids is 1. The summed E-state index contributed by atoms with van der Waals surface area (Å²) in [5, 5.41) is 16.7. The molecule has 1 heterocycles. The number of rotatable bonds is 3. The van der Waals surface area contributed by atoms with Crippen molar-refractivity contribution in [3.05, 3.63) is 33.5 Å². The van der Waals surface area contributed by atoms with Gasteiger partial charge in [0.25, 0.3) is 0 Å². The SMILES string of the molecule is CON=C(C(=O)O)c1scc2cc(Cl)ccc12. The average molecular weight is 270 g/mol. The van der Waals surface area contributed by atoms with E-state index in [2.05, 4.69) is 9.99 Å². The fourth-order valence-electron chi connectivity index (χ4n) is 1.48. The van der Waals surface area contributed by atoms with Gasteiger partial charge >= 0.3 is 5.97 Å². The largest absolute Gasteiger partial charge is 0.476 e. The molecule has 0 bridgehead atoms. The Balaban J connectivity index is 2.62. The van der Waals surface area contributed by atoms with Crippen molar-refractivity contribution in [1.29, 1.82) is 0 Å². The molecular formula is C11H8ClNO3S. The van der Waals surface area contributed by atoms with Crippen LogP contribution in [0.25, 0.3) is 10.8 Å². The topological polar surface area (TPSA) is 58.9 Å². The summed E-state index contributed by atoms with van der Waals surface area (Å²) in [6.07, 6.45) is 0. The minimum Gasteiger partial charge on any atom is -0.476 e. The van der Waals surface area contributed by atoms with Crippen molar-refractivity contribution in [2.75, 3.05) is 7.11 Å². The van der Waals surface area contributed by atoms with Gasteiger partial charge in [-0.2, -0.15) is 0 Å². The first-order chi connectivity index (χ1) is 8.13. The van der Waals surface area contributed by atoms with E-state index in [1.807, 2.05) is 5.38 Å². The first-order valence-corrected chi connectivity index (χ1v) is 5.91. The van der Waals surface area contributed by atoms with Crippen molar-refractivity contribution in [1.82, 2.24) is 0 Å². The Morgan fingerprint density at radius 3 is 2.94 bits per heavy atom. The molecule has 0 aliphatic carbocycles. The molecule has 0 unspecified atom stereocenters. The lowest BCUT2D eigenvalue weighted by Gasteiger charge is -1.99. The normalized spacial score (nSPS) is 11.8. The predicted molar refractivity (Wildman–Crippen MR) is 68.0 cm³/mol. The minimum absolute atomic E-state index is 0.102. The van der Waals surface area contributed by atoms with Gasteiger partial charge in [-0.1, -0.05) is 22.8 Å². The zero-order chi connectivity index (χ0) is 12.4. The zero-order valence-corrected chi connectivity index (χ0v) is 10.4. The van der Waals surface area contributed by atoms with Gasteiger partial charge in [-0.15, -0.1) is 11.3 Å². The van der Waals surface area contributed by atoms with Gasteiger partial charge < -0.3 is 9.94 Å². The highest BCUT2D eigenvalue weighted by Crippen LogP contribution is 2.28. The molecule has 2 rings (SSSR count). The maximum atomic E-state index is 11.1. The van der Waals surface area contributed by atoms with Gasteiger partial charge in [0, 0.05) is 10.4 Å². The average Bonchev–Trinajstić information content (AvgIpc) is 2.68. The summed E-state index contributed by atoms with van der Waals surface area (Å²) in [5.74, 6) is -1.12. The molecule has 1 aromatic heterocycles. The van der Waals surface area contributed by atoms with Crippen molar-refractivity contribution < 1.29 is 14.7 Å². The number of carboxylic acid groups (broad SMARTS) is 1. The summed E-state index contributed by atoms with van der Waals surface area (Å²) >= 11 is 7.16. The van der Waals surface area contributed by atoms with Crippen LogP contribution < -0.4 is 0 Å². The lowest BCUT2D eigenvalue weighted by molar-refractivity contribution is -0.129. The first-order valence-electron chi connectivity index (χ1n) is 4.65. The second-order valence-electron chi connectivity index (χ2n) is 3.22. The molecule has 6 heteroatoms. The number of oxime groups is 1. The molecule has 0 atom stereocenters. The third-order valence-corrected chi connectivity index (χ3v) is 3.42. The number of carbonyl (C=O) groups is 1. The summed E-state index contributed by atoms with van der Waals surface area (Å²) in [6.45, 7) is 0. The van der Waals surface area contributed by atoms with Crippen molar-refractivity contribution in [3.8, 4) is 0 Å². The van der Waals surface area contributed by atoms with Crippen LogP contribution >= 0.6 is 22.9 Å². The number of thiophene rings is 1. The number of halogens is 1. The van der Waals surface area contributed by atoms with Gasteiger partial charge in [0.05, 0.1) is 4.88 Å². The lowest BCUT2D eigenvalue weighted by atomic mass is 10.1. The molecule has 0 spiro atoms. The Labute approximate surface area is 106 Å². The van der Waals surface area contributed by atoms with Crippen molar-refractivity contribution in [2.45, 2.75) is 0 Å². The zero-order valence-electron chi connectivity index (χ0n) is 8.81. The molecule has 17 heavy (non-hydrogen) atoms. The van der Waals surface area contributed by atoms with Crippen molar-refractivity contribution in [3.63, 3.8) is 0 Å². The van der Waals surface area contributed by atoms with E-state index in [-0.39, 0.29) is 5.71 Å². The predicted octanol–water partition coefficient (Wildman–Crippen LogP) is 2.99. The van der Waals surface area contributed by atoms with Crippen molar-refractivity contribution in [2.24, 2.45) is 5.16 Å². The van der Waals surface area contributed by atoms with E-state index in [0.717, 1.165) is 10.8 Å². The third kappa shape index (κ3) is 2.25. The minimum atomic E-state index is -1.12. The van der Waals surface area contributed by atoms with Crippen LogP contribution in [0.5, 0.6) is 0 Å². The van der Waals surface area contributed by atoms with Crippen LogP contribution in [0, 0.1) is 0 Å². The number of aliphatic carboxylic acids is 1. The van der Waals surface area contributed by atoms with E-state index in [1.54, 1.807) is 18.2 Å². The van der Waals surface area contributed by atoms with Crippen LogP contribution in [0.1, 0.15) is 4.88 Å². The van der Waals surface area contributed by atoms with Crippen LogP contribution in [-0.4, -0.2) is 23.9 Å². The Bertz CT molecular complexity index is 606. The van der Waals surface area contributed by atoms with Gasteiger partial charge in [0.15, 0.2) is 0 Å². The highest BCUT2D eigenvalue weighted by atomic mass is 35.5. The van der Waals surface area contributed by atoms with Crippen LogP contribution in [0.2, 0.25) is 5.02 Å². The molecular weight excluding hydrogens is 262 g/mol. The highest BCUT2D eigenvalue weighted by molar-refractivity contribution is 7.14. The Morgan fingerprint density at radius 1 is 1.53 bits per heavy atom. The fraction of sp³-hybridized carbons (Fsp3) is 0.0909. The Hall–Kier alpha value is -1.59. The van der Waals surface area contributed by atoms with Crippen LogP contribution in [0.4, 0.5) is 0 Å². The maximum absolute atomic E-state index is 11.1. The quantitative estimate of drug-likeness (QED) is 0.688. The maximum Gasteiger partial charge on any atom is 0.359 e. The molecule has 4 nitrogen and oxygen atoms in total. The molecule has 0 aliphatic rings. The molecule has 2 aromatic rings. The number of fused-ring (bicyclic) bond motifs is 1. The fourth-order valence-corrected chi connectivity index (χ4v) is 2.65. The molecule has 0 radical (unpaired) electrons. The third-order valence-electron chi connectivity index (χ3n) is 2.16. The first kappa shape index (κ1) is 11.9. The van der Waals surface area contributed by atoms with Crippen LogP contribution in [0.3, 0.4) is 0 Å². The van der Waals surface area contributed by atoms with E-state index < -0.39 is 5.97 Å². The molecule has 0 aliphatic heterocycles. The number of hydrogen-bond acceptors (Lipinski definition) is 4. The molecule has 0 saturated heterocycles. The van der Waals surface area contributed by atoms with Gasteiger partial charge in [0.1, 0.15) is 7.11 Å². The van der Waals surface area contributed by atoms with Gasteiger partial charge in [-0.25, -0.2) is 4.79 Å². The summed E-state index contributed by atoms with van der Waals surface area (Å²) < 4.78 is 0. The summed E-state index contributed by atoms with van der Waals surface area (Å²) in [7, 11) is 1.32. The second-order valence-corrected chi connectivity index (χ2v) is 4.54. The standard InChI is InChI=1S/C11H8ClNO3S/c1-16-13-9(11(14)15)10-8-3-2-7(12)4-6(8)5-17-10/h2-5H,1H3,(H,14,15). The van der Waals surface area contributed by atoms with E-state index in [0.29, 0.717) is 9.90 Å². The van der Waals surface area contributed by atoms with Crippen molar-refractivity contribution >= 4 is 45.4 Å². The Kier molecular flexibility index (Phi) is 3.31. The van der Waals surface area contributed by atoms with E-state index >= 15 is 0 Å². The molecule has 88 valence electrons. The van der Waals surface area contributed by atoms with Gasteiger partial charge in [-0.05, 0) is 22.9 Å². The monoisotopic (exact) mass is 269 g/mol. The van der Waals surface area contributed by atoms with E-state index in [9.17, 15) is 4.79 Å². The number of benzene rings is 1. The smallest absolute Gasteiger partial charge is 0.359 e. The highest BCUT2D eigenvalue weighted by Gasteiger charge is 2.18. The second kappa shape index (κ2) is 4.73. The summed E-state index contributed by atoms with van der Waals surface area (Å²) in [4.78, 5) is 16.2. The number of nitrogens with zero attached hydrogens (tertiary/aromatic N) is 1. The summed E-state index contributed by atoms with van der Waals surface area (Å²) in [5.41, 5.74) is -0.102. The van der Waals surface area contributed by atoms with Crippen LogP contribution in [-0.2, 0) is 9.63 Å². The van der Waals surface area contributed by atoms with Gasteiger partial charge in [-0.3, -0.25) is 0 Å². The molecule has 0 amide bonds. The number of hydrogen-bond donors (Lipinski definition) is 1. The molecule has 0 saturated carbocycles. The molecule has 1 N–H and O–H groups in total. The van der Waals surface area contributed by atoms with E-state index in [4.69, 9.17) is 16.7 Å². The van der Waals surface area contributed by atoms with E-state index in [1.165, 1.54) is 18.4 Å². The lowest BCUT2D eigenvalue weighted by Crippen LogP contribution is -2.13. The van der Waals surface area contributed by atoms with Gasteiger partial charge in [0.2, 0.25) is 5.71 Å².